The Morgan fingerprint density at radius 2 is 2.14 bits per heavy atom. The Morgan fingerprint density at radius 1 is 1.24 bits per heavy atom. The van der Waals surface area contributed by atoms with E-state index in [1.807, 2.05) is 12.1 Å². The third-order valence-electron chi connectivity index (χ3n) is 4.54. The fraction of sp³-hybridized carbons (Fsp3) is 0.333. The zero-order valence-corrected chi connectivity index (χ0v) is 12.2. The molecule has 3 aromatic rings. The molecule has 1 aliphatic carbocycles. The topological polar surface area (TPSA) is 41.0 Å². The molecule has 0 spiro atoms. The molecule has 4 rings (SSSR count). The summed E-state index contributed by atoms with van der Waals surface area (Å²) in [6.45, 7) is 2.16. The molecule has 2 heterocycles. The molecule has 1 aliphatic rings. The quantitative estimate of drug-likeness (QED) is 0.742. The molecule has 0 saturated carbocycles. The van der Waals surface area contributed by atoms with E-state index in [1.54, 1.807) is 6.26 Å². The van der Waals surface area contributed by atoms with Crippen molar-refractivity contribution in [1.82, 2.24) is 10.3 Å². The van der Waals surface area contributed by atoms with E-state index >= 15 is 0 Å². The van der Waals surface area contributed by atoms with Crippen molar-refractivity contribution < 1.29 is 4.42 Å². The summed E-state index contributed by atoms with van der Waals surface area (Å²) in [7, 11) is 0. The van der Waals surface area contributed by atoms with Gasteiger partial charge in [-0.2, -0.15) is 0 Å². The van der Waals surface area contributed by atoms with Gasteiger partial charge in [-0.25, -0.2) is 0 Å². The smallest absolute Gasteiger partial charge is 0.120 e. The molecule has 1 aromatic carbocycles. The third kappa shape index (κ3) is 2.18. The molecule has 0 aliphatic heterocycles. The Hall–Kier alpha value is -2.00. The van der Waals surface area contributed by atoms with Crippen LogP contribution in [0.2, 0.25) is 0 Å². The van der Waals surface area contributed by atoms with Gasteiger partial charge in [-0.3, -0.25) is 5.32 Å². The summed E-state index contributed by atoms with van der Waals surface area (Å²) >= 11 is 0. The van der Waals surface area contributed by atoms with Gasteiger partial charge in [0, 0.05) is 22.6 Å². The number of furan rings is 1. The van der Waals surface area contributed by atoms with Crippen molar-refractivity contribution >= 4 is 10.9 Å². The Kier molecular flexibility index (Phi) is 3.08. The lowest BCUT2D eigenvalue weighted by molar-refractivity contribution is 0.364. The number of hydrogen-bond donors (Lipinski definition) is 2. The summed E-state index contributed by atoms with van der Waals surface area (Å²) < 4.78 is 5.51. The summed E-state index contributed by atoms with van der Waals surface area (Å²) in [5.41, 5.74) is 4.10. The second-order valence-electron chi connectivity index (χ2n) is 5.91. The highest BCUT2D eigenvalue weighted by Gasteiger charge is 2.25. The molecule has 0 radical (unpaired) electrons. The first-order valence-electron chi connectivity index (χ1n) is 7.72. The lowest BCUT2D eigenvalue weighted by Gasteiger charge is -2.26. The van der Waals surface area contributed by atoms with Gasteiger partial charge in [0.15, 0.2) is 0 Å². The van der Waals surface area contributed by atoms with Gasteiger partial charge in [0.2, 0.25) is 0 Å². The van der Waals surface area contributed by atoms with Crippen LogP contribution in [0.5, 0.6) is 0 Å². The number of nitrogens with one attached hydrogen (secondary N) is 2. The van der Waals surface area contributed by atoms with E-state index in [2.05, 4.69) is 41.5 Å². The van der Waals surface area contributed by atoms with Crippen LogP contribution in [0.1, 0.15) is 48.9 Å². The van der Waals surface area contributed by atoms with Gasteiger partial charge in [-0.15, -0.1) is 0 Å². The average molecular weight is 280 g/mol. The standard InChI is InChI=1S/C18H20N2O/c1-12(17-10-5-11-21-17)19-16-9-4-7-14-13-6-2-3-8-15(13)20-18(14)16/h2-3,5-6,8,10-12,16,19-20H,4,7,9H2,1H3. The first-order chi connectivity index (χ1) is 10.3. The Bertz CT molecular complexity index is 742. The predicted molar refractivity (Wildman–Crippen MR) is 84.2 cm³/mol. The maximum atomic E-state index is 5.51. The summed E-state index contributed by atoms with van der Waals surface area (Å²) in [6.07, 6.45) is 5.32. The van der Waals surface area contributed by atoms with E-state index in [1.165, 1.54) is 41.4 Å². The fourth-order valence-corrected chi connectivity index (χ4v) is 3.50. The van der Waals surface area contributed by atoms with Crippen LogP contribution < -0.4 is 5.32 Å². The van der Waals surface area contributed by atoms with E-state index < -0.39 is 0 Å². The lowest BCUT2D eigenvalue weighted by Crippen LogP contribution is -2.27. The van der Waals surface area contributed by atoms with Gasteiger partial charge in [0.25, 0.3) is 0 Å². The monoisotopic (exact) mass is 280 g/mol. The van der Waals surface area contributed by atoms with Gasteiger partial charge < -0.3 is 9.40 Å². The summed E-state index contributed by atoms with van der Waals surface area (Å²) in [5, 5.41) is 5.09. The van der Waals surface area contributed by atoms with Crippen LogP contribution >= 0.6 is 0 Å². The molecule has 3 heteroatoms. The van der Waals surface area contributed by atoms with E-state index in [0.717, 1.165) is 5.76 Å². The maximum Gasteiger partial charge on any atom is 0.120 e. The minimum atomic E-state index is 0.224. The molecule has 108 valence electrons. The Morgan fingerprint density at radius 3 is 3.00 bits per heavy atom. The molecule has 3 nitrogen and oxygen atoms in total. The predicted octanol–water partition coefficient (Wildman–Crippen LogP) is 4.49. The number of rotatable bonds is 3. The number of fused-ring (bicyclic) bond motifs is 3. The fourth-order valence-electron chi connectivity index (χ4n) is 3.50. The van der Waals surface area contributed by atoms with E-state index in [9.17, 15) is 0 Å². The third-order valence-corrected chi connectivity index (χ3v) is 4.54. The second kappa shape index (κ2) is 5.08. The number of aryl methyl sites for hydroxylation is 1. The molecule has 0 amide bonds. The number of H-pyrrole nitrogens is 1. The van der Waals surface area contributed by atoms with Crippen LogP contribution in [-0.4, -0.2) is 4.98 Å². The van der Waals surface area contributed by atoms with E-state index in [-0.39, 0.29) is 6.04 Å². The number of benzene rings is 1. The number of aromatic amines is 1. The zero-order chi connectivity index (χ0) is 14.2. The summed E-state index contributed by atoms with van der Waals surface area (Å²) in [6, 6.07) is 13.2. The van der Waals surface area contributed by atoms with Gasteiger partial charge >= 0.3 is 0 Å². The molecule has 0 bridgehead atoms. The summed E-state index contributed by atoms with van der Waals surface area (Å²) in [5.74, 6) is 0.998. The van der Waals surface area contributed by atoms with Crippen LogP contribution in [-0.2, 0) is 6.42 Å². The van der Waals surface area contributed by atoms with Gasteiger partial charge in [-0.05, 0) is 49.9 Å². The number of para-hydroxylation sites is 1. The van der Waals surface area contributed by atoms with Gasteiger partial charge in [-0.1, -0.05) is 18.2 Å². The van der Waals surface area contributed by atoms with Crippen molar-refractivity contribution in [3.63, 3.8) is 0 Å². The van der Waals surface area contributed by atoms with E-state index in [0.29, 0.717) is 6.04 Å². The van der Waals surface area contributed by atoms with Crippen molar-refractivity contribution in [3.8, 4) is 0 Å². The number of aromatic nitrogens is 1. The SMILES string of the molecule is CC(NC1CCCc2c1[nH]c1ccccc21)c1ccco1. The molecule has 21 heavy (non-hydrogen) atoms. The van der Waals surface area contributed by atoms with Crippen LogP contribution in [0.4, 0.5) is 0 Å². The maximum absolute atomic E-state index is 5.51. The molecular weight excluding hydrogens is 260 g/mol. The van der Waals surface area contributed by atoms with Crippen LogP contribution in [0, 0.1) is 0 Å². The van der Waals surface area contributed by atoms with Gasteiger partial charge in [0.05, 0.1) is 12.3 Å². The lowest BCUT2D eigenvalue weighted by atomic mass is 9.91. The second-order valence-corrected chi connectivity index (χ2v) is 5.91. The molecule has 2 atom stereocenters. The van der Waals surface area contributed by atoms with Crippen molar-refractivity contribution in [2.75, 3.05) is 0 Å². The minimum absolute atomic E-state index is 0.224. The number of hydrogen-bond acceptors (Lipinski definition) is 2. The minimum Gasteiger partial charge on any atom is -0.468 e. The largest absolute Gasteiger partial charge is 0.468 e. The van der Waals surface area contributed by atoms with Gasteiger partial charge in [0.1, 0.15) is 5.76 Å². The van der Waals surface area contributed by atoms with E-state index in [4.69, 9.17) is 4.42 Å². The Balaban J connectivity index is 1.67. The molecular formula is C18H20N2O. The van der Waals surface area contributed by atoms with Crippen molar-refractivity contribution in [2.24, 2.45) is 0 Å². The highest BCUT2D eigenvalue weighted by atomic mass is 16.3. The molecule has 2 unspecified atom stereocenters. The average Bonchev–Trinajstić information content (AvgIpc) is 3.15. The molecule has 2 aromatic heterocycles. The van der Waals surface area contributed by atoms with Crippen LogP contribution in [0.15, 0.2) is 47.1 Å². The van der Waals surface area contributed by atoms with Crippen molar-refractivity contribution in [1.29, 1.82) is 0 Å². The Labute approximate surface area is 124 Å². The summed E-state index contributed by atoms with van der Waals surface area (Å²) in [4.78, 5) is 3.62. The molecule has 2 N–H and O–H groups in total. The normalized spacial score (nSPS) is 19.6. The van der Waals surface area contributed by atoms with Crippen molar-refractivity contribution in [2.45, 2.75) is 38.3 Å². The highest BCUT2D eigenvalue weighted by Crippen LogP contribution is 2.35. The zero-order valence-electron chi connectivity index (χ0n) is 12.2. The first kappa shape index (κ1) is 12.7. The molecule has 0 saturated heterocycles. The van der Waals surface area contributed by atoms with Crippen molar-refractivity contribution in [3.05, 3.63) is 59.7 Å². The van der Waals surface area contributed by atoms with Crippen LogP contribution in [0.3, 0.4) is 0 Å². The highest BCUT2D eigenvalue weighted by molar-refractivity contribution is 5.85. The first-order valence-corrected chi connectivity index (χ1v) is 7.72. The molecule has 0 fully saturated rings. The van der Waals surface area contributed by atoms with Crippen LogP contribution in [0.25, 0.3) is 10.9 Å².